The highest BCUT2D eigenvalue weighted by Gasteiger charge is 2.07. The number of aromatic nitrogens is 1. The van der Waals surface area contributed by atoms with Gasteiger partial charge in [0, 0.05) is 34.6 Å². The van der Waals surface area contributed by atoms with E-state index in [9.17, 15) is 4.79 Å². The SMILES string of the molecule is O=C(/C=C/c1cccs1)NCc1cccnc1-c1ccsc1. The van der Waals surface area contributed by atoms with Gasteiger partial charge in [-0.25, -0.2) is 0 Å². The van der Waals surface area contributed by atoms with Crippen LogP contribution in [0.2, 0.25) is 0 Å². The normalized spacial score (nSPS) is 10.9. The molecule has 3 heterocycles. The second-order valence-corrected chi connectivity index (χ2v) is 6.35. The molecular weight excluding hydrogens is 312 g/mol. The van der Waals surface area contributed by atoms with Crippen LogP contribution in [0.5, 0.6) is 0 Å². The Morgan fingerprint density at radius 1 is 1.23 bits per heavy atom. The molecule has 0 aromatic carbocycles. The minimum atomic E-state index is -0.103. The van der Waals surface area contributed by atoms with Crippen molar-refractivity contribution < 1.29 is 4.79 Å². The molecule has 0 aliphatic heterocycles. The second kappa shape index (κ2) is 7.15. The van der Waals surface area contributed by atoms with Gasteiger partial charge < -0.3 is 5.32 Å². The van der Waals surface area contributed by atoms with Crippen LogP contribution in [0.15, 0.2) is 58.7 Å². The van der Waals surface area contributed by atoms with E-state index in [1.165, 1.54) is 0 Å². The zero-order chi connectivity index (χ0) is 15.2. The van der Waals surface area contributed by atoms with E-state index in [1.54, 1.807) is 34.9 Å². The summed E-state index contributed by atoms with van der Waals surface area (Å²) in [5.74, 6) is -0.103. The molecule has 0 atom stereocenters. The summed E-state index contributed by atoms with van der Waals surface area (Å²) >= 11 is 3.24. The van der Waals surface area contributed by atoms with Gasteiger partial charge in [0.25, 0.3) is 0 Å². The Bertz CT molecular complexity index is 762. The summed E-state index contributed by atoms with van der Waals surface area (Å²) in [4.78, 5) is 17.4. The van der Waals surface area contributed by atoms with Crippen molar-refractivity contribution in [1.82, 2.24) is 10.3 Å². The van der Waals surface area contributed by atoms with Gasteiger partial charge >= 0.3 is 0 Å². The topological polar surface area (TPSA) is 42.0 Å². The molecule has 0 spiro atoms. The van der Waals surface area contributed by atoms with Gasteiger partial charge in [0.05, 0.1) is 5.69 Å². The Labute approximate surface area is 137 Å². The molecule has 0 saturated heterocycles. The van der Waals surface area contributed by atoms with Crippen LogP contribution < -0.4 is 5.32 Å². The lowest BCUT2D eigenvalue weighted by atomic mass is 10.1. The van der Waals surface area contributed by atoms with Crippen molar-refractivity contribution in [1.29, 1.82) is 0 Å². The summed E-state index contributed by atoms with van der Waals surface area (Å²) in [7, 11) is 0. The monoisotopic (exact) mass is 326 g/mol. The number of amides is 1. The lowest BCUT2D eigenvalue weighted by Gasteiger charge is -2.07. The highest BCUT2D eigenvalue weighted by Crippen LogP contribution is 2.23. The van der Waals surface area contributed by atoms with Gasteiger partial charge in [-0.05, 0) is 40.6 Å². The molecule has 3 nitrogen and oxygen atoms in total. The smallest absolute Gasteiger partial charge is 0.244 e. The third-order valence-electron chi connectivity index (χ3n) is 3.08. The van der Waals surface area contributed by atoms with Gasteiger partial charge in [-0.15, -0.1) is 11.3 Å². The summed E-state index contributed by atoms with van der Waals surface area (Å²) in [5, 5.41) is 8.98. The first-order valence-electron chi connectivity index (χ1n) is 6.79. The second-order valence-electron chi connectivity index (χ2n) is 4.59. The molecule has 0 bridgehead atoms. The molecule has 0 aliphatic carbocycles. The lowest BCUT2D eigenvalue weighted by Crippen LogP contribution is -2.20. The number of nitrogens with zero attached hydrogens (tertiary/aromatic N) is 1. The Kier molecular flexibility index (Phi) is 4.78. The minimum Gasteiger partial charge on any atom is -0.348 e. The summed E-state index contributed by atoms with van der Waals surface area (Å²) in [6, 6.07) is 9.85. The molecule has 0 aliphatic rings. The first-order chi connectivity index (χ1) is 10.8. The highest BCUT2D eigenvalue weighted by atomic mass is 32.1. The van der Waals surface area contributed by atoms with Gasteiger partial charge in [0.1, 0.15) is 0 Å². The Morgan fingerprint density at radius 3 is 2.95 bits per heavy atom. The van der Waals surface area contributed by atoms with Crippen molar-refractivity contribution in [2.75, 3.05) is 0 Å². The maximum atomic E-state index is 11.9. The zero-order valence-electron chi connectivity index (χ0n) is 11.7. The van der Waals surface area contributed by atoms with Crippen LogP contribution in [0.4, 0.5) is 0 Å². The molecule has 3 aromatic heterocycles. The van der Waals surface area contributed by atoms with Crippen molar-refractivity contribution in [2.24, 2.45) is 0 Å². The molecule has 1 N–H and O–H groups in total. The number of carbonyl (C=O) groups excluding carboxylic acids is 1. The molecule has 0 unspecified atom stereocenters. The largest absolute Gasteiger partial charge is 0.348 e. The molecule has 0 fully saturated rings. The number of hydrogen-bond acceptors (Lipinski definition) is 4. The van der Waals surface area contributed by atoms with Crippen LogP contribution in [0.3, 0.4) is 0 Å². The summed E-state index contributed by atoms with van der Waals surface area (Å²) in [6.07, 6.45) is 5.16. The van der Waals surface area contributed by atoms with Crippen molar-refractivity contribution in [2.45, 2.75) is 6.54 Å². The maximum absolute atomic E-state index is 11.9. The average molecular weight is 326 g/mol. The maximum Gasteiger partial charge on any atom is 0.244 e. The quantitative estimate of drug-likeness (QED) is 0.714. The van der Waals surface area contributed by atoms with Crippen LogP contribution >= 0.6 is 22.7 Å². The van der Waals surface area contributed by atoms with Crippen molar-refractivity contribution in [3.8, 4) is 11.3 Å². The minimum absolute atomic E-state index is 0.103. The van der Waals surface area contributed by atoms with Crippen LogP contribution in [0, 0.1) is 0 Å². The molecule has 3 rings (SSSR count). The van der Waals surface area contributed by atoms with E-state index in [-0.39, 0.29) is 5.91 Å². The van der Waals surface area contributed by atoms with Gasteiger partial charge in [-0.3, -0.25) is 9.78 Å². The van der Waals surface area contributed by atoms with Crippen molar-refractivity contribution in [3.05, 3.63) is 69.2 Å². The standard InChI is InChI=1S/C17H14N2OS2/c20-16(6-5-15-4-2-9-22-15)19-11-13-3-1-8-18-17(13)14-7-10-21-12-14/h1-10,12H,11H2,(H,19,20)/b6-5+. The number of nitrogens with one attached hydrogen (secondary N) is 1. The summed E-state index contributed by atoms with van der Waals surface area (Å²) in [6.45, 7) is 0.465. The first-order valence-corrected chi connectivity index (χ1v) is 8.61. The molecule has 0 radical (unpaired) electrons. The number of pyridine rings is 1. The van der Waals surface area contributed by atoms with E-state index in [2.05, 4.69) is 15.7 Å². The average Bonchev–Trinajstić information content (AvgIpc) is 3.24. The molecule has 1 amide bonds. The molecule has 22 heavy (non-hydrogen) atoms. The first kappa shape index (κ1) is 14.7. The fraction of sp³-hybridized carbons (Fsp3) is 0.0588. The van der Waals surface area contributed by atoms with E-state index in [0.717, 1.165) is 21.7 Å². The summed E-state index contributed by atoms with van der Waals surface area (Å²) < 4.78 is 0. The Morgan fingerprint density at radius 2 is 2.18 bits per heavy atom. The Hall–Kier alpha value is -2.24. The number of carbonyl (C=O) groups is 1. The van der Waals surface area contributed by atoms with E-state index in [0.29, 0.717) is 6.54 Å². The van der Waals surface area contributed by atoms with Crippen molar-refractivity contribution >= 4 is 34.7 Å². The van der Waals surface area contributed by atoms with E-state index in [4.69, 9.17) is 0 Å². The van der Waals surface area contributed by atoms with Gasteiger partial charge in [0.2, 0.25) is 5.91 Å². The predicted molar refractivity (Wildman–Crippen MR) is 92.7 cm³/mol. The molecule has 5 heteroatoms. The van der Waals surface area contributed by atoms with Gasteiger partial charge in [-0.2, -0.15) is 11.3 Å². The fourth-order valence-electron chi connectivity index (χ4n) is 2.03. The number of rotatable bonds is 5. The molecular formula is C17H14N2OS2. The van der Waals surface area contributed by atoms with E-state index < -0.39 is 0 Å². The molecule has 110 valence electrons. The zero-order valence-corrected chi connectivity index (χ0v) is 13.4. The molecule has 0 saturated carbocycles. The van der Waals surface area contributed by atoms with Crippen LogP contribution in [0.25, 0.3) is 17.3 Å². The van der Waals surface area contributed by atoms with Gasteiger partial charge in [0.15, 0.2) is 0 Å². The third-order valence-corrected chi connectivity index (χ3v) is 4.60. The van der Waals surface area contributed by atoms with Crippen LogP contribution in [-0.2, 0) is 11.3 Å². The lowest BCUT2D eigenvalue weighted by molar-refractivity contribution is -0.116. The van der Waals surface area contributed by atoms with Crippen LogP contribution in [0.1, 0.15) is 10.4 Å². The summed E-state index contributed by atoms with van der Waals surface area (Å²) in [5.41, 5.74) is 3.02. The Balaban J connectivity index is 1.66. The third kappa shape index (κ3) is 3.69. The van der Waals surface area contributed by atoms with Crippen molar-refractivity contribution in [3.63, 3.8) is 0 Å². The van der Waals surface area contributed by atoms with Gasteiger partial charge in [-0.1, -0.05) is 12.1 Å². The number of thiophene rings is 2. The molecule has 3 aromatic rings. The fourth-order valence-corrected chi connectivity index (χ4v) is 3.28. The van der Waals surface area contributed by atoms with Crippen LogP contribution in [-0.4, -0.2) is 10.9 Å². The highest BCUT2D eigenvalue weighted by molar-refractivity contribution is 7.10. The van der Waals surface area contributed by atoms with E-state index in [1.807, 2.05) is 47.2 Å². The predicted octanol–water partition coefficient (Wildman–Crippen LogP) is 4.20. The number of hydrogen-bond donors (Lipinski definition) is 1. The van der Waals surface area contributed by atoms with E-state index >= 15 is 0 Å².